The first kappa shape index (κ1) is 13.1. The number of nitrogens with two attached hydrogens (primary N) is 1. The molecule has 1 aromatic carbocycles. The normalized spacial score (nSPS) is 11.6. The Morgan fingerprint density at radius 1 is 1.26 bits per heavy atom. The number of rotatable bonds is 2. The molecule has 0 bridgehead atoms. The number of allylic oxidation sites excluding steroid dienone is 1. The van der Waals surface area contributed by atoms with E-state index in [1.54, 1.807) is 18.2 Å². The largest absolute Gasteiger partial charge is 0.397 e. The van der Waals surface area contributed by atoms with E-state index in [1.807, 2.05) is 6.07 Å². The van der Waals surface area contributed by atoms with E-state index in [0.717, 1.165) is 0 Å². The van der Waals surface area contributed by atoms with Gasteiger partial charge in [-0.1, -0.05) is 17.7 Å². The Kier molecular flexibility index (Phi) is 3.79. The van der Waals surface area contributed by atoms with Crippen LogP contribution in [0, 0.1) is 17.1 Å². The fourth-order valence-electron chi connectivity index (χ4n) is 1.65. The van der Waals surface area contributed by atoms with Crippen molar-refractivity contribution in [2.24, 2.45) is 5.73 Å². The molecule has 0 unspecified atom stereocenters. The van der Waals surface area contributed by atoms with Crippen LogP contribution in [0.25, 0.3) is 11.3 Å². The minimum absolute atomic E-state index is 0.0348. The summed E-state index contributed by atoms with van der Waals surface area (Å²) in [5.41, 5.74) is 6.81. The van der Waals surface area contributed by atoms with Crippen molar-refractivity contribution in [1.29, 1.82) is 5.26 Å². The Hall–Kier alpha value is -2.38. The van der Waals surface area contributed by atoms with Crippen molar-refractivity contribution in [2.45, 2.75) is 0 Å². The van der Waals surface area contributed by atoms with Crippen molar-refractivity contribution in [1.82, 2.24) is 4.98 Å². The van der Waals surface area contributed by atoms with Gasteiger partial charge in [0.15, 0.2) is 5.82 Å². The van der Waals surface area contributed by atoms with Gasteiger partial charge in [-0.3, -0.25) is 4.98 Å². The van der Waals surface area contributed by atoms with Crippen LogP contribution < -0.4 is 5.73 Å². The second-order valence-corrected chi connectivity index (χ2v) is 4.14. The van der Waals surface area contributed by atoms with Gasteiger partial charge in [0.05, 0.1) is 16.3 Å². The van der Waals surface area contributed by atoms with Crippen LogP contribution in [0.5, 0.6) is 0 Å². The lowest BCUT2D eigenvalue weighted by Gasteiger charge is -2.08. The number of halogens is 2. The third-order valence-electron chi connectivity index (χ3n) is 2.59. The molecule has 0 atom stereocenters. The summed E-state index contributed by atoms with van der Waals surface area (Å²) >= 11 is 5.71. The molecule has 0 aliphatic heterocycles. The number of aromatic nitrogens is 1. The summed E-state index contributed by atoms with van der Waals surface area (Å²) in [4.78, 5) is 3.86. The molecule has 5 heteroatoms. The molecule has 0 spiro atoms. The lowest BCUT2D eigenvalue weighted by molar-refractivity contribution is 0.624. The molecule has 0 aliphatic carbocycles. The van der Waals surface area contributed by atoms with Crippen molar-refractivity contribution >= 4 is 22.9 Å². The molecule has 0 saturated carbocycles. The molecule has 1 heterocycles. The average Bonchev–Trinajstić information content (AvgIpc) is 2.44. The Labute approximate surface area is 114 Å². The first-order valence-electron chi connectivity index (χ1n) is 5.39. The maximum absolute atomic E-state index is 13.9. The van der Waals surface area contributed by atoms with Gasteiger partial charge in [0.25, 0.3) is 0 Å². The zero-order chi connectivity index (χ0) is 13.8. The van der Waals surface area contributed by atoms with Crippen LogP contribution in [0.4, 0.5) is 4.39 Å². The van der Waals surface area contributed by atoms with E-state index in [-0.39, 0.29) is 21.9 Å². The fourth-order valence-corrected chi connectivity index (χ4v) is 1.82. The number of nitriles is 1. The molecule has 2 rings (SSSR count). The summed E-state index contributed by atoms with van der Waals surface area (Å²) < 4.78 is 13.9. The third kappa shape index (κ3) is 2.56. The third-order valence-corrected chi connectivity index (χ3v) is 2.88. The maximum Gasteiger partial charge on any atom is 0.151 e. The molecule has 0 radical (unpaired) electrons. The van der Waals surface area contributed by atoms with E-state index in [4.69, 9.17) is 17.3 Å². The number of hydrogen-bond donors (Lipinski definition) is 1. The second-order valence-electron chi connectivity index (χ2n) is 3.74. The molecule has 0 fully saturated rings. The zero-order valence-corrected chi connectivity index (χ0v) is 10.5. The molecular weight excluding hydrogens is 265 g/mol. The number of pyridine rings is 1. The smallest absolute Gasteiger partial charge is 0.151 e. The Morgan fingerprint density at radius 3 is 2.58 bits per heavy atom. The number of nitrogens with zero attached hydrogens (tertiary/aromatic N) is 2. The topological polar surface area (TPSA) is 62.7 Å². The summed E-state index contributed by atoms with van der Waals surface area (Å²) in [6.07, 6.45) is 3.07. The van der Waals surface area contributed by atoms with Crippen molar-refractivity contribution in [3.8, 4) is 6.07 Å². The van der Waals surface area contributed by atoms with E-state index in [1.165, 1.54) is 24.5 Å². The van der Waals surface area contributed by atoms with Crippen LogP contribution in [0.1, 0.15) is 11.1 Å². The van der Waals surface area contributed by atoms with Crippen LogP contribution in [0.3, 0.4) is 0 Å². The lowest BCUT2D eigenvalue weighted by Crippen LogP contribution is -2.03. The second kappa shape index (κ2) is 5.51. The van der Waals surface area contributed by atoms with Gasteiger partial charge in [-0.25, -0.2) is 4.39 Å². The van der Waals surface area contributed by atoms with Crippen LogP contribution in [-0.4, -0.2) is 4.98 Å². The van der Waals surface area contributed by atoms with Gasteiger partial charge < -0.3 is 5.73 Å². The van der Waals surface area contributed by atoms with Crippen molar-refractivity contribution < 1.29 is 4.39 Å². The van der Waals surface area contributed by atoms with Crippen molar-refractivity contribution in [3.05, 3.63) is 64.7 Å². The minimum Gasteiger partial charge on any atom is -0.397 e. The number of hydrogen-bond acceptors (Lipinski definition) is 3. The fraction of sp³-hybridized carbons (Fsp3) is 0. The highest BCUT2D eigenvalue weighted by Gasteiger charge is 2.13. The first-order valence-corrected chi connectivity index (χ1v) is 5.77. The SMILES string of the molecule is N#C/C(=C(/N)c1cccc(Cl)c1F)c1ccncc1. The van der Waals surface area contributed by atoms with E-state index in [2.05, 4.69) is 4.98 Å². The summed E-state index contributed by atoms with van der Waals surface area (Å²) in [7, 11) is 0. The van der Waals surface area contributed by atoms with Gasteiger partial charge in [0.1, 0.15) is 6.07 Å². The Bertz CT molecular complexity index is 675. The molecule has 0 amide bonds. The number of benzene rings is 1. The highest BCUT2D eigenvalue weighted by Crippen LogP contribution is 2.26. The molecule has 94 valence electrons. The van der Waals surface area contributed by atoms with E-state index in [9.17, 15) is 9.65 Å². The summed E-state index contributed by atoms with van der Waals surface area (Å²) in [6.45, 7) is 0. The van der Waals surface area contributed by atoms with Gasteiger partial charge in [-0.05, 0) is 29.8 Å². The van der Waals surface area contributed by atoms with Gasteiger partial charge in [0.2, 0.25) is 0 Å². The molecule has 0 aliphatic rings. The zero-order valence-electron chi connectivity index (χ0n) is 9.77. The molecular formula is C14H9ClFN3. The molecule has 2 N–H and O–H groups in total. The van der Waals surface area contributed by atoms with Crippen LogP contribution in [0.15, 0.2) is 42.7 Å². The molecule has 0 saturated heterocycles. The Morgan fingerprint density at radius 2 is 1.95 bits per heavy atom. The van der Waals surface area contributed by atoms with Gasteiger partial charge in [-0.2, -0.15) is 5.26 Å². The quantitative estimate of drug-likeness (QED) is 0.855. The highest BCUT2D eigenvalue weighted by molar-refractivity contribution is 6.31. The Balaban J connectivity index is 2.63. The minimum atomic E-state index is -0.636. The molecule has 19 heavy (non-hydrogen) atoms. The summed E-state index contributed by atoms with van der Waals surface area (Å²) in [5, 5.41) is 9.17. The van der Waals surface area contributed by atoms with Gasteiger partial charge in [0, 0.05) is 18.0 Å². The monoisotopic (exact) mass is 273 g/mol. The van der Waals surface area contributed by atoms with E-state index in [0.29, 0.717) is 5.56 Å². The highest BCUT2D eigenvalue weighted by atomic mass is 35.5. The van der Waals surface area contributed by atoms with Gasteiger partial charge >= 0.3 is 0 Å². The van der Waals surface area contributed by atoms with Crippen molar-refractivity contribution in [2.75, 3.05) is 0 Å². The predicted molar refractivity (Wildman–Crippen MR) is 72.3 cm³/mol. The molecule has 2 aromatic rings. The van der Waals surface area contributed by atoms with Crippen molar-refractivity contribution in [3.63, 3.8) is 0 Å². The van der Waals surface area contributed by atoms with E-state index >= 15 is 0 Å². The van der Waals surface area contributed by atoms with Crippen LogP contribution in [-0.2, 0) is 0 Å². The van der Waals surface area contributed by atoms with E-state index < -0.39 is 5.82 Å². The molecule has 3 nitrogen and oxygen atoms in total. The lowest BCUT2D eigenvalue weighted by atomic mass is 10.0. The van der Waals surface area contributed by atoms with Gasteiger partial charge in [-0.15, -0.1) is 0 Å². The standard InChI is InChI=1S/C14H9ClFN3/c15-12-3-1-2-10(13(12)16)14(18)11(8-17)9-4-6-19-7-5-9/h1-7H,18H2/b14-11-. The summed E-state index contributed by atoms with van der Waals surface area (Å²) in [5.74, 6) is -0.636. The predicted octanol–water partition coefficient (Wildman–Crippen LogP) is 3.22. The van der Waals surface area contributed by atoms with Crippen LogP contribution >= 0.6 is 11.6 Å². The van der Waals surface area contributed by atoms with Crippen LogP contribution in [0.2, 0.25) is 5.02 Å². The first-order chi connectivity index (χ1) is 9.15. The average molecular weight is 274 g/mol. The molecule has 1 aromatic heterocycles. The summed E-state index contributed by atoms with van der Waals surface area (Å²) in [6, 6.07) is 9.73. The maximum atomic E-state index is 13.9.